The van der Waals surface area contributed by atoms with Crippen LogP contribution in [0.4, 0.5) is 0 Å². The second-order valence-electron chi connectivity index (χ2n) is 8.61. The summed E-state index contributed by atoms with van der Waals surface area (Å²) in [5.41, 5.74) is -0.507. The predicted molar refractivity (Wildman–Crippen MR) is 98.9 cm³/mol. The Labute approximate surface area is 145 Å². The predicted octanol–water partition coefficient (Wildman–Crippen LogP) is 4.84. The smallest absolute Gasteiger partial charge is 0.304 e. The molecule has 23 heavy (non-hydrogen) atoms. The molecule has 0 aromatic carbocycles. The molecule has 140 valence electrons. The quantitative estimate of drug-likeness (QED) is 0.652. The van der Waals surface area contributed by atoms with Crippen LogP contribution in [0.5, 0.6) is 0 Å². The summed E-state index contributed by atoms with van der Waals surface area (Å²) >= 11 is 0. The topological polar surface area (TPSA) is 64.6 Å². The van der Waals surface area contributed by atoms with Gasteiger partial charge < -0.3 is 9.05 Å². The standard InChI is InChI=1S/C16H36NO4PS/c1-12(2)20-22(18,21-13(3)4)16(11,14(5,6)7)17-23(19)15(8,9)10/h12-13,17H,1-11H3/t16-,23?/m1/s1. The van der Waals surface area contributed by atoms with Gasteiger partial charge in [-0.05, 0) is 60.8 Å². The minimum atomic E-state index is -3.60. The molecule has 0 aliphatic heterocycles. The zero-order chi connectivity index (χ0) is 18.9. The molecule has 5 nitrogen and oxygen atoms in total. The highest BCUT2D eigenvalue weighted by Gasteiger charge is 2.57. The minimum Gasteiger partial charge on any atom is -0.304 e. The van der Waals surface area contributed by atoms with E-state index in [0.29, 0.717) is 0 Å². The van der Waals surface area contributed by atoms with Gasteiger partial charge in [0.1, 0.15) is 5.28 Å². The van der Waals surface area contributed by atoms with Crippen LogP contribution in [-0.4, -0.2) is 26.4 Å². The van der Waals surface area contributed by atoms with Gasteiger partial charge in [0.15, 0.2) is 0 Å². The van der Waals surface area contributed by atoms with Crippen molar-refractivity contribution in [2.45, 2.75) is 98.4 Å². The molecule has 0 radical (unpaired) electrons. The maximum absolute atomic E-state index is 13.7. The molecule has 0 aliphatic carbocycles. The third-order valence-corrected chi connectivity index (χ3v) is 8.69. The summed E-state index contributed by atoms with van der Waals surface area (Å²) < 4.78 is 40.6. The van der Waals surface area contributed by atoms with Gasteiger partial charge >= 0.3 is 7.60 Å². The van der Waals surface area contributed by atoms with Crippen molar-refractivity contribution in [3.63, 3.8) is 0 Å². The third kappa shape index (κ3) is 5.93. The monoisotopic (exact) mass is 369 g/mol. The Bertz CT molecular complexity index is 452. The maximum atomic E-state index is 13.7. The lowest BCUT2D eigenvalue weighted by atomic mass is 9.88. The van der Waals surface area contributed by atoms with Gasteiger partial charge in [-0.25, -0.2) is 8.93 Å². The fourth-order valence-electron chi connectivity index (χ4n) is 1.74. The van der Waals surface area contributed by atoms with E-state index >= 15 is 0 Å². The average molecular weight is 370 g/mol. The van der Waals surface area contributed by atoms with E-state index in [2.05, 4.69) is 4.72 Å². The Morgan fingerprint density at radius 2 is 1.22 bits per heavy atom. The van der Waals surface area contributed by atoms with Gasteiger partial charge in [-0.2, -0.15) is 0 Å². The summed E-state index contributed by atoms with van der Waals surface area (Å²) in [6, 6.07) is 0. The lowest BCUT2D eigenvalue weighted by molar-refractivity contribution is 0.102. The molecular weight excluding hydrogens is 333 g/mol. The zero-order valence-corrected chi connectivity index (χ0v) is 18.4. The molecule has 0 aromatic heterocycles. The van der Waals surface area contributed by atoms with Crippen molar-refractivity contribution < 1.29 is 17.8 Å². The van der Waals surface area contributed by atoms with Crippen LogP contribution in [0.1, 0.15) is 76.2 Å². The van der Waals surface area contributed by atoms with E-state index in [0.717, 1.165) is 0 Å². The third-order valence-electron chi connectivity index (χ3n) is 3.55. The first kappa shape index (κ1) is 23.3. The summed E-state index contributed by atoms with van der Waals surface area (Å²) in [6.45, 7) is 20.5. The highest BCUT2D eigenvalue weighted by Crippen LogP contribution is 2.66. The highest BCUT2D eigenvalue weighted by atomic mass is 32.2. The van der Waals surface area contributed by atoms with Crippen molar-refractivity contribution >= 4 is 18.6 Å². The largest absolute Gasteiger partial charge is 0.352 e. The van der Waals surface area contributed by atoms with E-state index in [9.17, 15) is 8.77 Å². The van der Waals surface area contributed by atoms with Gasteiger partial charge in [-0.3, -0.25) is 4.57 Å². The normalized spacial score (nSPS) is 18.3. The van der Waals surface area contributed by atoms with Gasteiger partial charge in [0.25, 0.3) is 0 Å². The fourth-order valence-corrected chi connectivity index (χ4v) is 5.82. The molecule has 2 atom stereocenters. The molecule has 0 heterocycles. The van der Waals surface area contributed by atoms with Gasteiger partial charge in [0.05, 0.1) is 27.9 Å². The Balaban J connectivity index is 6.09. The van der Waals surface area contributed by atoms with Crippen molar-refractivity contribution in [2.24, 2.45) is 5.41 Å². The first-order valence-electron chi connectivity index (χ1n) is 8.13. The Morgan fingerprint density at radius 3 is 1.43 bits per heavy atom. The van der Waals surface area contributed by atoms with Crippen LogP contribution in [0.3, 0.4) is 0 Å². The summed E-state index contributed by atoms with van der Waals surface area (Å²) in [5.74, 6) is 0. The van der Waals surface area contributed by atoms with Crippen molar-refractivity contribution in [3.8, 4) is 0 Å². The molecule has 1 N–H and O–H groups in total. The molecule has 0 fully saturated rings. The van der Waals surface area contributed by atoms with Crippen LogP contribution < -0.4 is 4.72 Å². The molecular formula is C16H36NO4PS. The maximum Gasteiger partial charge on any atom is 0.352 e. The second-order valence-corrected chi connectivity index (χ2v) is 12.9. The van der Waals surface area contributed by atoms with Gasteiger partial charge in [-0.1, -0.05) is 20.8 Å². The molecule has 0 aromatic rings. The highest BCUT2D eigenvalue weighted by molar-refractivity contribution is 7.84. The average Bonchev–Trinajstić information content (AvgIpc) is 2.22. The van der Waals surface area contributed by atoms with Gasteiger partial charge in [0.2, 0.25) is 0 Å². The van der Waals surface area contributed by atoms with Crippen LogP contribution in [0.25, 0.3) is 0 Å². The molecule has 0 saturated carbocycles. The minimum absolute atomic E-state index is 0.272. The van der Waals surface area contributed by atoms with Crippen molar-refractivity contribution in [1.29, 1.82) is 0 Å². The van der Waals surface area contributed by atoms with Crippen molar-refractivity contribution in [3.05, 3.63) is 0 Å². The SMILES string of the molecule is CC(C)OP(=O)(OC(C)C)[C@@](C)(NS(=O)C(C)(C)C)C(C)(C)C. The zero-order valence-electron chi connectivity index (χ0n) is 16.6. The molecule has 0 aliphatic rings. The molecule has 7 heteroatoms. The molecule has 0 saturated heterocycles. The van der Waals surface area contributed by atoms with E-state index in [-0.39, 0.29) is 12.2 Å². The van der Waals surface area contributed by atoms with E-state index in [1.165, 1.54) is 0 Å². The van der Waals surface area contributed by atoms with E-state index in [1.807, 2.05) is 69.2 Å². The molecule has 0 bridgehead atoms. The van der Waals surface area contributed by atoms with E-state index in [4.69, 9.17) is 9.05 Å². The van der Waals surface area contributed by atoms with Gasteiger partial charge in [0, 0.05) is 0 Å². The van der Waals surface area contributed by atoms with Crippen LogP contribution in [-0.2, 0) is 24.6 Å². The van der Waals surface area contributed by atoms with Crippen LogP contribution in [0.2, 0.25) is 0 Å². The summed E-state index contributed by atoms with van der Waals surface area (Å²) in [6.07, 6.45) is -0.544. The van der Waals surface area contributed by atoms with Gasteiger partial charge in [-0.15, -0.1) is 0 Å². The molecule has 0 amide bonds. The number of hydrogen-bond donors (Lipinski definition) is 1. The lowest BCUT2D eigenvalue weighted by Crippen LogP contribution is -2.56. The number of nitrogens with one attached hydrogen (secondary N) is 1. The number of rotatable bonds is 7. The summed E-state index contributed by atoms with van der Waals surface area (Å²) in [4.78, 5) is 0. The van der Waals surface area contributed by atoms with E-state index < -0.39 is 34.0 Å². The Morgan fingerprint density at radius 1 is 0.870 bits per heavy atom. The molecule has 1 unspecified atom stereocenters. The Hall–Kier alpha value is 0.260. The second kappa shape index (κ2) is 7.65. The Kier molecular flexibility index (Phi) is 7.74. The first-order chi connectivity index (χ1) is 9.96. The fraction of sp³-hybridized carbons (Fsp3) is 1.00. The van der Waals surface area contributed by atoms with Crippen LogP contribution in [0, 0.1) is 5.41 Å². The number of hydrogen-bond acceptors (Lipinski definition) is 4. The first-order valence-corrected chi connectivity index (χ1v) is 10.8. The van der Waals surface area contributed by atoms with Crippen LogP contribution >= 0.6 is 7.60 Å². The van der Waals surface area contributed by atoms with Crippen molar-refractivity contribution in [2.75, 3.05) is 0 Å². The summed E-state index contributed by atoms with van der Waals surface area (Å²) in [7, 11) is -5.01. The van der Waals surface area contributed by atoms with Crippen LogP contribution in [0.15, 0.2) is 0 Å². The van der Waals surface area contributed by atoms with Crippen molar-refractivity contribution in [1.82, 2.24) is 4.72 Å². The molecule has 0 spiro atoms. The summed E-state index contributed by atoms with van der Waals surface area (Å²) in [5, 5.41) is -1.10. The lowest BCUT2D eigenvalue weighted by Gasteiger charge is -2.47. The molecule has 0 rings (SSSR count). The van der Waals surface area contributed by atoms with E-state index in [1.54, 1.807) is 6.92 Å².